The predicted molar refractivity (Wildman–Crippen MR) is 115 cm³/mol. The minimum absolute atomic E-state index is 0.00127. The van der Waals surface area contributed by atoms with Crippen LogP contribution in [0.2, 0.25) is 0 Å². The van der Waals surface area contributed by atoms with Crippen LogP contribution < -0.4 is 27.7 Å². The van der Waals surface area contributed by atoms with Crippen molar-refractivity contribution in [1.82, 2.24) is 9.24 Å². The van der Waals surface area contributed by atoms with Crippen molar-refractivity contribution in [2.75, 3.05) is 31.0 Å². The summed E-state index contributed by atoms with van der Waals surface area (Å²) in [7, 11) is 1.65. The molecule has 2 aliphatic rings. The Kier molecular flexibility index (Phi) is 5.36. The number of hydrogen-bond donors (Lipinski definition) is 2. The van der Waals surface area contributed by atoms with Crippen LogP contribution >= 0.6 is 0 Å². The van der Waals surface area contributed by atoms with E-state index in [4.69, 9.17) is 16.3 Å². The summed E-state index contributed by atoms with van der Waals surface area (Å²) in [5.41, 5.74) is 6.70. The van der Waals surface area contributed by atoms with Crippen LogP contribution in [0.3, 0.4) is 0 Å². The van der Waals surface area contributed by atoms with Crippen molar-refractivity contribution >= 4 is 16.6 Å². The molecule has 1 aliphatic carbocycles. The van der Waals surface area contributed by atoms with Crippen molar-refractivity contribution in [3.05, 3.63) is 38.3 Å². The highest BCUT2D eigenvalue weighted by Crippen LogP contribution is 2.40. The SMILES string of the molecule is COCC[C@H](N)[C@H]1CCN(c2c(F)cc3c(=O)n(N)c(=O)n(C4CC4)c3c2C)C1C. The highest BCUT2D eigenvalue weighted by molar-refractivity contribution is 5.87. The molecule has 9 heteroatoms. The molecule has 3 atom stereocenters. The van der Waals surface area contributed by atoms with Crippen LogP contribution in [0.15, 0.2) is 15.7 Å². The maximum atomic E-state index is 15.3. The molecule has 1 saturated carbocycles. The normalized spacial score (nSPS) is 22.8. The summed E-state index contributed by atoms with van der Waals surface area (Å²) in [5.74, 6) is 5.43. The predicted octanol–water partition coefficient (Wildman–Crippen LogP) is 1.24. The maximum Gasteiger partial charge on any atom is 0.350 e. The van der Waals surface area contributed by atoms with E-state index in [9.17, 15) is 9.59 Å². The summed E-state index contributed by atoms with van der Waals surface area (Å²) in [6.45, 7) is 5.09. The lowest BCUT2D eigenvalue weighted by Crippen LogP contribution is -2.45. The number of methoxy groups -OCH3 is 1. The number of nitrogens with two attached hydrogens (primary N) is 2. The van der Waals surface area contributed by atoms with Crippen LogP contribution in [0.1, 0.15) is 44.2 Å². The van der Waals surface area contributed by atoms with E-state index in [1.165, 1.54) is 6.07 Å². The van der Waals surface area contributed by atoms with Crippen LogP contribution in [-0.2, 0) is 4.74 Å². The number of anilines is 1. The van der Waals surface area contributed by atoms with Gasteiger partial charge in [-0.05, 0) is 51.5 Å². The van der Waals surface area contributed by atoms with Gasteiger partial charge < -0.3 is 21.2 Å². The van der Waals surface area contributed by atoms with Gasteiger partial charge in [-0.1, -0.05) is 0 Å². The Morgan fingerprint density at radius 3 is 2.63 bits per heavy atom. The third-order valence-electron chi connectivity index (χ3n) is 6.78. The smallest absolute Gasteiger partial charge is 0.350 e. The molecule has 30 heavy (non-hydrogen) atoms. The van der Waals surface area contributed by atoms with Crippen LogP contribution in [0.25, 0.3) is 10.9 Å². The molecule has 1 aliphatic heterocycles. The van der Waals surface area contributed by atoms with Gasteiger partial charge in [0.2, 0.25) is 0 Å². The zero-order chi connectivity index (χ0) is 21.7. The average Bonchev–Trinajstić information content (AvgIpc) is 3.48. The molecule has 1 unspecified atom stereocenters. The van der Waals surface area contributed by atoms with E-state index in [2.05, 4.69) is 6.92 Å². The Bertz CT molecular complexity index is 1090. The molecule has 1 aromatic heterocycles. The largest absolute Gasteiger partial charge is 0.385 e. The number of benzene rings is 1. The number of aryl methyl sites for hydroxylation is 1. The van der Waals surface area contributed by atoms with Crippen LogP contribution in [0, 0.1) is 18.7 Å². The second-order valence-corrected chi connectivity index (χ2v) is 8.62. The second kappa shape index (κ2) is 7.70. The Hall–Kier alpha value is -2.39. The minimum Gasteiger partial charge on any atom is -0.385 e. The molecule has 0 radical (unpaired) electrons. The quantitative estimate of drug-likeness (QED) is 0.682. The Labute approximate surface area is 174 Å². The van der Waals surface area contributed by atoms with Crippen molar-refractivity contribution in [2.24, 2.45) is 11.7 Å². The summed E-state index contributed by atoms with van der Waals surface area (Å²) in [6.07, 6.45) is 3.28. The number of aromatic nitrogens is 2. The van der Waals surface area contributed by atoms with E-state index >= 15 is 4.39 Å². The standard InChI is InChI=1S/C21H30FN5O3/c1-11-18-15(20(28)27(24)21(29)26(18)13-4-5-13)10-16(22)19(11)25-8-6-14(12(25)2)17(23)7-9-30-3/h10,12-14,17H,4-9,23-24H2,1-3H3/t12?,14-,17-/m0/s1. The van der Waals surface area contributed by atoms with Crippen LogP contribution in [-0.4, -0.2) is 41.6 Å². The van der Waals surface area contributed by atoms with E-state index in [1.807, 2.05) is 4.90 Å². The van der Waals surface area contributed by atoms with Gasteiger partial charge in [0.1, 0.15) is 5.82 Å². The van der Waals surface area contributed by atoms with Crippen LogP contribution in [0.4, 0.5) is 10.1 Å². The third-order valence-corrected chi connectivity index (χ3v) is 6.78. The molecule has 0 spiro atoms. The fourth-order valence-corrected chi connectivity index (χ4v) is 5.00. The van der Waals surface area contributed by atoms with E-state index in [0.29, 0.717) is 34.6 Å². The number of nitrogen functional groups attached to an aromatic ring is 1. The lowest BCUT2D eigenvalue weighted by Gasteiger charge is -2.31. The van der Waals surface area contributed by atoms with Crippen molar-refractivity contribution in [2.45, 2.75) is 57.7 Å². The van der Waals surface area contributed by atoms with Crippen molar-refractivity contribution in [3.63, 3.8) is 0 Å². The number of rotatable bonds is 6. The Balaban J connectivity index is 1.83. The number of halogens is 1. The summed E-state index contributed by atoms with van der Waals surface area (Å²) < 4.78 is 22.6. The first-order chi connectivity index (χ1) is 14.3. The molecular formula is C21H30FN5O3. The fourth-order valence-electron chi connectivity index (χ4n) is 5.00. The molecule has 4 N–H and O–H groups in total. The molecule has 0 bridgehead atoms. The summed E-state index contributed by atoms with van der Waals surface area (Å²) >= 11 is 0. The molecule has 2 aromatic rings. The van der Waals surface area contributed by atoms with Crippen molar-refractivity contribution in [1.29, 1.82) is 0 Å². The van der Waals surface area contributed by atoms with E-state index in [0.717, 1.165) is 25.7 Å². The second-order valence-electron chi connectivity index (χ2n) is 8.62. The summed E-state index contributed by atoms with van der Waals surface area (Å²) in [6, 6.07) is 1.21. The lowest BCUT2D eigenvalue weighted by atomic mass is 9.91. The molecular weight excluding hydrogens is 389 g/mol. The molecule has 1 saturated heterocycles. The maximum absolute atomic E-state index is 15.3. The van der Waals surface area contributed by atoms with Gasteiger partial charge in [-0.2, -0.15) is 4.68 Å². The molecule has 164 valence electrons. The number of nitrogens with zero attached hydrogens (tertiary/aromatic N) is 3. The van der Waals surface area contributed by atoms with Gasteiger partial charge in [0, 0.05) is 44.0 Å². The third kappa shape index (κ3) is 3.20. The molecule has 1 aromatic carbocycles. The van der Waals surface area contributed by atoms with E-state index < -0.39 is 17.1 Å². The van der Waals surface area contributed by atoms with Crippen molar-refractivity contribution < 1.29 is 9.13 Å². The first kappa shape index (κ1) is 20.9. The number of hydrogen-bond acceptors (Lipinski definition) is 6. The molecule has 4 rings (SSSR count). The van der Waals surface area contributed by atoms with Gasteiger partial charge >= 0.3 is 5.69 Å². The first-order valence-corrected chi connectivity index (χ1v) is 10.5. The molecule has 0 amide bonds. The zero-order valence-electron chi connectivity index (χ0n) is 17.7. The van der Waals surface area contributed by atoms with Gasteiger partial charge in [-0.15, -0.1) is 0 Å². The number of fused-ring (bicyclic) bond motifs is 1. The lowest BCUT2D eigenvalue weighted by molar-refractivity contribution is 0.177. The fraction of sp³-hybridized carbons (Fsp3) is 0.619. The topological polar surface area (TPSA) is 109 Å². The first-order valence-electron chi connectivity index (χ1n) is 10.5. The Morgan fingerprint density at radius 2 is 2.00 bits per heavy atom. The number of ether oxygens (including phenoxy) is 1. The van der Waals surface area contributed by atoms with E-state index in [1.54, 1.807) is 18.6 Å². The van der Waals surface area contributed by atoms with Gasteiger partial charge in [0.25, 0.3) is 5.56 Å². The monoisotopic (exact) mass is 419 g/mol. The molecule has 2 heterocycles. The van der Waals surface area contributed by atoms with Gasteiger partial charge in [-0.25, -0.2) is 9.18 Å². The molecule has 8 nitrogen and oxygen atoms in total. The van der Waals surface area contributed by atoms with Gasteiger partial charge in [-0.3, -0.25) is 9.36 Å². The van der Waals surface area contributed by atoms with E-state index in [-0.39, 0.29) is 29.4 Å². The summed E-state index contributed by atoms with van der Waals surface area (Å²) in [5, 5.41) is 0.142. The minimum atomic E-state index is -0.672. The summed E-state index contributed by atoms with van der Waals surface area (Å²) in [4.78, 5) is 27.4. The molecule has 2 fully saturated rings. The van der Waals surface area contributed by atoms with Crippen LogP contribution in [0.5, 0.6) is 0 Å². The van der Waals surface area contributed by atoms with Crippen molar-refractivity contribution in [3.8, 4) is 0 Å². The zero-order valence-corrected chi connectivity index (χ0v) is 17.7. The van der Waals surface area contributed by atoms with Gasteiger partial charge in [0.15, 0.2) is 0 Å². The highest BCUT2D eigenvalue weighted by Gasteiger charge is 2.37. The van der Waals surface area contributed by atoms with Gasteiger partial charge in [0.05, 0.1) is 16.6 Å². The Morgan fingerprint density at radius 1 is 1.30 bits per heavy atom. The average molecular weight is 420 g/mol. The highest BCUT2D eigenvalue weighted by atomic mass is 19.1.